The number of thiophene rings is 1. The van der Waals surface area contributed by atoms with Gasteiger partial charge in [-0.2, -0.15) is 11.3 Å². The number of amides is 4. The van der Waals surface area contributed by atoms with E-state index in [-0.39, 0.29) is 30.2 Å². The van der Waals surface area contributed by atoms with Gasteiger partial charge in [0.15, 0.2) is 0 Å². The Morgan fingerprint density at radius 1 is 1.26 bits per heavy atom. The van der Waals surface area contributed by atoms with E-state index in [1.54, 1.807) is 11.8 Å². The van der Waals surface area contributed by atoms with Crippen LogP contribution < -0.4 is 10.6 Å². The lowest BCUT2D eigenvalue weighted by atomic mass is 9.96. The van der Waals surface area contributed by atoms with Crippen molar-refractivity contribution in [2.75, 3.05) is 39.3 Å². The first-order valence-electron chi connectivity index (χ1n) is 11.9. The van der Waals surface area contributed by atoms with Crippen LogP contribution in [0.15, 0.2) is 28.1 Å². The van der Waals surface area contributed by atoms with Crippen molar-refractivity contribution in [1.29, 1.82) is 0 Å². The summed E-state index contributed by atoms with van der Waals surface area (Å²) in [5.74, 6) is -0.414. The molecule has 2 atom stereocenters. The van der Waals surface area contributed by atoms with Crippen LogP contribution in [0.5, 0.6) is 0 Å². The number of likely N-dealkylation sites (N-methyl/N-ethyl adjacent to an activating group) is 1. The summed E-state index contributed by atoms with van der Waals surface area (Å²) in [5.41, 5.74) is 1.70. The van der Waals surface area contributed by atoms with Crippen molar-refractivity contribution in [3.05, 3.63) is 33.7 Å². The fourth-order valence-corrected chi connectivity index (χ4v) is 5.12. The van der Waals surface area contributed by atoms with Crippen molar-refractivity contribution < 1.29 is 19.1 Å². The topological polar surface area (TPSA) is 94.2 Å². The Morgan fingerprint density at radius 2 is 2.00 bits per heavy atom. The number of carbonyl (C=O) groups is 3. The van der Waals surface area contributed by atoms with Crippen LogP contribution in [0.3, 0.4) is 0 Å². The fourth-order valence-electron chi connectivity index (χ4n) is 4.43. The Labute approximate surface area is 206 Å². The maximum Gasteiger partial charge on any atom is 0.338 e. The van der Waals surface area contributed by atoms with Crippen LogP contribution in [-0.2, 0) is 9.53 Å². The number of urea groups is 2. The lowest BCUT2D eigenvalue weighted by molar-refractivity contribution is -0.139. The average Bonchev–Trinajstić information content (AvgIpc) is 3.27. The normalized spacial score (nSPS) is 22.0. The first-order chi connectivity index (χ1) is 16.1. The highest BCUT2D eigenvalue weighted by molar-refractivity contribution is 7.08. The molecule has 10 heteroatoms. The third-order valence-electron chi connectivity index (χ3n) is 5.95. The molecular weight excluding hydrogens is 454 g/mol. The summed E-state index contributed by atoms with van der Waals surface area (Å²) in [7, 11) is 0. The van der Waals surface area contributed by atoms with Crippen LogP contribution in [-0.4, -0.2) is 83.6 Å². The Bertz CT molecular complexity index is 924. The highest BCUT2D eigenvalue weighted by atomic mass is 32.1. The molecule has 9 nitrogen and oxygen atoms in total. The minimum atomic E-state index is -0.549. The molecule has 0 spiro atoms. The van der Waals surface area contributed by atoms with Crippen LogP contribution in [0, 0.1) is 0 Å². The van der Waals surface area contributed by atoms with E-state index in [2.05, 4.69) is 15.5 Å². The molecule has 34 heavy (non-hydrogen) atoms. The predicted octanol–water partition coefficient (Wildman–Crippen LogP) is 3.17. The molecule has 3 heterocycles. The molecule has 0 radical (unpaired) electrons. The van der Waals surface area contributed by atoms with Gasteiger partial charge in [-0.1, -0.05) is 0 Å². The van der Waals surface area contributed by atoms with Gasteiger partial charge in [0.2, 0.25) is 0 Å². The van der Waals surface area contributed by atoms with Crippen molar-refractivity contribution in [1.82, 2.24) is 25.3 Å². The molecule has 2 aliphatic rings. The van der Waals surface area contributed by atoms with Gasteiger partial charge in [-0.3, -0.25) is 9.80 Å². The van der Waals surface area contributed by atoms with E-state index < -0.39 is 12.0 Å². The van der Waals surface area contributed by atoms with E-state index in [0.717, 1.165) is 5.56 Å². The molecule has 0 bridgehead atoms. The highest BCUT2D eigenvalue weighted by Crippen LogP contribution is 2.33. The first-order valence-corrected chi connectivity index (χ1v) is 12.8. The number of ether oxygens (including phenoxy) is 1. The van der Waals surface area contributed by atoms with Gasteiger partial charge in [-0.15, -0.1) is 0 Å². The second kappa shape index (κ2) is 10.8. The van der Waals surface area contributed by atoms with Gasteiger partial charge in [0, 0.05) is 50.0 Å². The number of esters is 1. The number of hydrogen-bond donors (Lipinski definition) is 2. The third kappa shape index (κ3) is 5.90. The molecule has 0 saturated carbocycles. The Morgan fingerprint density at radius 3 is 2.56 bits per heavy atom. The Balaban J connectivity index is 1.88. The van der Waals surface area contributed by atoms with Crippen LogP contribution >= 0.6 is 11.3 Å². The molecule has 1 aromatic rings. The molecule has 2 aliphatic heterocycles. The van der Waals surface area contributed by atoms with E-state index in [1.165, 1.54) is 11.3 Å². The van der Waals surface area contributed by atoms with E-state index >= 15 is 0 Å². The van der Waals surface area contributed by atoms with Crippen molar-refractivity contribution in [2.45, 2.75) is 59.2 Å². The summed E-state index contributed by atoms with van der Waals surface area (Å²) in [6.07, 6.45) is 0. The minimum absolute atomic E-state index is 0.0112. The van der Waals surface area contributed by atoms with Gasteiger partial charge in [0.1, 0.15) is 0 Å². The fraction of sp³-hybridized carbons (Fsp3) is 0.625. The van der Waals surface area contributed by atoms with Gasteiger partial charge in [-0.05, 0) is 63.9 Å². The van der Waals surface area contributed by atoms with E-state index in [0.29, 0.717) is 44.0 Å². The Hall–Kier alpha value is -2.59. The van der Waals surface area contributed by atoms with Crippen LogP contribution in [0.4, 0.5) is 9.59 Å². The van der Waals surface area contributed by atoms with Crippen molar-refractivity contribution >= 4 is 29.4 Å². The Kier molecular flexibility index (Phi) is 8.25. The molecule has 188 valence electrons. The summed E-state index contributed by atoms with van der Waals surface area (Å²) >= 11 is 1.52. The minimum Gasteiger partial charge on any atom is -0.463 e. The average molecular weight is 492 g/mol. The maximum atomic E-state index is 13.1. The second-order valence-electron chi connectivity index (χ2n) is 9.72. The molecule has 2 N–H and O–H groups in total. The second-order valence-corrected chi connectivity index (χ2v) is 10.5. The summed E-state index contributed by atoms with van der Waals surface area (Å²) in [5, 5.41) is 9.89. The molecule has 0 aromatic carbocycles. The monoisotopic (exact) mass is 491 g/mol. The van der Waals surface area contributed by atoms with Crippen molar-refractivity contribution in [2.24, 2.45) is 0 Å². The molecule has 0 aliphatic carbocycles. The number of hydrogen-bond acceptors (Lipinski definition) is 6. The number of piperazine rings is 1. The highest BCUT2D eigenvalue weighted by Gasteiger charge is 2.39. The largest absolute Gasteiger partial charge is 0.463 e. The SMILES string of the molecule is CCOC(=O)C1=C(CN2CCN(C(=O)NC(C)(C)C)[C@H](C)C2)N(CC)C(=O)N[C@H]1c1ccsc1. The zero-order valence-electron chi connectivity index (χ0n) is 21.0. The van der Waals surface area contributed by atoms with E-state index in [9.17, 15) is 14.4 Å². The van der Waals surface area contributed by atoms with Gasteiger partial charge >= 0.3 is 18.0 Å². The van der Waals surface area contributed by atoms with Crippen LogP contribution in [0.2, 0.25) is 0 Å². The molecule has 4 amide bonds. The molecule has 1 fully saturated rings. The number of rotatable bonds is 6. The standard InChI is InChI=1S/C24H37N5O4S/c1-7-28-18(14-27-10-11-29(16(3)13-27)23(32)26-24(4,5)6)19(21(30)33-8-2)20(25-22(28)31)17-9-12-34-15-17/h9,12,15-16,20H,7-8,10-11,13-14H2,1-6H3,(H,25,31)(H,26,32)/t16-,20+/m1/s1. The van der Waals surface area contributed by atoms with Gasteiger partial charge in [0.05, 0.1) is 18.2 Å². The lowest BCUT2D eigenvalue weighted by Crippen LogP contribution is -2.59. The summed E-state index contributed by atoms with van der Waals surface area (Å²) < 4.78 is 5.42. The van der Waals surface area contributed by atoms with E-state index in [4.69, 9.17) is 4.74 Å². The molecule has 1 saturated heterocycles. The smallest absolute Gasteiger partial charge is 0.338 e. The van der Waals surface area contributed by atoms with Gasteiger partial charge in [-0.25, -0.2) is 14.4 Å². The zero-order chi connectivity index (χ0) is 25.0. The predicted molar refractivity (Wildman–Crippen MR) is 133 cm³/mol. The maximum absolute atomic E-state index is 13.1. The van der Waals surface area contributed by atoms with Crippen LogP contribution in [0.1, 0.15) is 53.1 Å². The molecule has 0 unspecified atom stereocenters. The van der Waals surface area contributed by atoms with E-state index in [1.807, 2.05) is 56.3 Å². The quantitative estimate of drug-likeness (QED) is 0.596. The molecule has 3 rings (SSSR count). The van der Waals surface area contributed by atoms with Crippen LogP contribution in [0.25, 0.3) is 0 Å². The first kappa shape index (κ1) is 26.0. The van der Waals surface area contributed by atoms with Crippen molar-refractivity contribution in [3.63, 3.8) is 0 Å². The zero-order valence-corrected chi connectivity index (χ0v) is 21.8. The number of carbonyl (C=O) groups excluding carboxylic acids is 3. The molecule has 1 aromatic heterocycles. The summed E-state index contributed by atoms with van der Waals surface area (Å²) in [6.45, 7) is 14.6. The third-order valence-corrected chi connectivity index (χ3v) is 6.66. The number of nitrogens with zero attached hydrogens (tertiary/aromatic N) is 3. The van der Waals surface area contributed by atoms with Crippen molar-refractivity contribution in [3.8, 4) is 0 Å². The number of nitrogens with one attached hydrogen (secondary N) is 2. The van der Waals surface area contributed by atoms with Gasteiger partial charge in [0.25, 0.3) is 0 Å². The van der Waals surface area contributed by atoms with Gasteiger partial charge < -0.3 is 20.3 Å². The molecular formula is C24H37N5O4S. The summed E-state index contributed by atoms with van der Waals surface area (Å²) in [6, 6.07) is 1.06. The summed E-state index contributed by atoms with van der Waals surface area (Å²) in [4.78, 5) is 44.5. The lowest BCUT2D eigenvalue weighted by Gasteiger charge is -2.43.